The lowest BCUT2D eigenvalue weighted by molar-refractivity contribution is -0.131. The van der Waals surface area contributed by atoms with Crippen LogP contribution in [0.15, 0.2) is 90.0 Å². The van der Waals surface area contributed by atoms with E-state index in [1.165, 1.54) is 16.8 Å². The van der Waals surface area contributed by atoms with Gasteiger partial charge in [0.2, 0.25) is 5.91 Å². The molecule has 0 aliphatic heterocycles. The zero-order valence-corrected chi connectivity index (χ0v) is 18.3. The van der Waals surface area contributed by atoms with E-state index in [4.69, 9.17) is 0 Å². The van der Waals surface area contributed by atoms with Gasteiger partial charge in [-0.05, 0) is 41.5 Å². The highest BCUT2D eigenvalue weighted by Gasteiger charge is 2.16. The predicted octanol–water partition coefficient (Wildman–Crippen LogP) is 2.99. The Kier molecular flexibility index (Phi) is 6.59. The Morgan fingerprint density at radius 3 is 2.61 bits per heavy atom. The summed E-state index contributed by atoms with van der Waals surface area (Å²) in [4.78, 5) is 44.0. The topological polar surface area (TPSA) is 84.3 Å². The molecule has 33 heavy (non-hydrogen) atoms. The van der Waals surface area contributed by atoms with Gasteiger partial charge >= 0.3 is 0 Å². The lowest BCUT2D eigenvalue weighted by atomic mass is 10.1. The van der Waals surface area contributed by atoms with Crippen molar-refractivity contribution in [1.29, 1.82) is 0 Å². The number of nitrogens with zero attached hydrogens (tertiary/aromatic N) is 3. The molecule has 0 unspecified atom stereocenters. The molecule has 4 aromatic rings. The maximum Gasteiger partial charge on any atom is 0.263 e. The molecule has 0 saturated carbocycles. The van der Waals surface area contributed by atoms with Gasteiger partial charge in [0.15, 0.2) is 0 Å². The molecule has 0 radical (unpaired) electrons. The first-order chi connectivity index (χ1) is 16.0. The van der Waals surface area contributed by atoms with Gasteiger partial charge in [0.05, 0.1) is 5.52 Å². The first kappa shape index (κ1) is 22.0. The van der Waals surface area contributed by atoms with Crippen molar-refractivity contribution in [3.8, 4) is 0 Å². The SMILES string of the molecule is CN(Cc1ccc2ncccc2c1)C(=O)Cn1cccc(C(=O)NCc2ccccc2)c1=O. The van der Waals surface area contributed by atoms with E-state index >= 15 is 0 Å². The number of likely N-dealkylation sites (N-methyl/N-ethyl adjacent to an activating group) is 1. The van der Waals surface area contributed by atoms with Crippen molar-refractivity contribution in [2.75, 3.05) is 7.05 Å². The summed E-state index contributed by atoms with van der Waals surface area (Å²) in [6.07, 6.45) is 3.26. The van der Waals surface area contributed by atoms with Gasteiger partial charge in [0.1, 0.15) is 12.1 Å². The maximum absolute atomic E-state index is 12.8. The van der Waals surface area contributed by atoms with E-state index in [0.717, 1.165) is 22.0 Å². The van der Waals surface area contributed by atoms with Crippen molar-refractivity contribution in [3.05, 3.63) is 112 Å². The number of rotatable bonds is 7. The molecule has 0 atom stereocenters. The predicted molar refractivity (Wildman–Crippen MR) is 127 cm³/mol. The first-order valence-corrected chi connectivity index (χ1v) is 10.6. The average Bonchev–Trinajstić information content (AvgIpc) is 2.84. The van der Waals surface area contributed by atoms with Crippen LogP contribution in [0.25, 0.3) is 10.9 Å². The Morgan fingerprint density at radius 2 is 1.79 bits per heavy atom. The van der Waals surface area contributed by atoms with Crippen LogP contribution in [0.4, 0.5) is 0 Å². The van der Waals surface area contributed by atoms with Gasteiger partial charge in [-0.15, -0.1) is 0 Å². The summed E-state index contributed by atoms with van der Waals surface area (Å²) in [5.74, 6) is -0.700. The van der Waals surface area contributed by atoms with Gasteiger partial charge < -0.3 is 14.8 Å². The second-order valence-corrected chi connectivity index (χ2v) is 7.80. The first-order valence-electron chi connectivity index (χ1n) is 10.6. The molecule has 0 aliphatic rings. The van der Waals surface area contributed by atoms with E-state index in [1.54, 1.807) is 24.2 Å². The third kappa shape index (κ3) is 5.33. The number of nitrogens with one attached hydrogen (secondary N) is 1. The largest absolute Gasteiger partial charge is 0.348 e. The van der Waals surface area contributed by atoms with Crippen LogP contribution in [0, 0.1) is 0 Å². The van der Waals surface area contributed by atoms with Crippen molar-refractivity contribution >= 4 is 22.7 Å². The Morgan fingerprint density at radius 1 is 0.970 bits per heavy atom. The summed E-state index contributed by atoms with van der Waals surface area (Å²) in [5, 5.41) is 3.76. The number of aromatic nitrogens is 2. The molecular weight excluding hydrogens is 416 g/mol. The Balaban J connectivity index is 1.41. The van der Waals surface area contributed by atoms with E-state index in [9.17, 15) is 14.4 Å². The van der Waals surface area contributed by atoms with Crippen LogP contribution >= 0.6 is 0 Å². The molecule has 2 heterocycles. The summed E-state index contributed by atoms with van der Waals surface area (Å²) in [5.41, 5.74) is 2.30. The third-order valence-electron chi connectivity index (χ3n) is 5.38. The lowest BCUT2D eigenvalue weighted by Gasteiger charge is -2.18. The molecule has 0 saturated heterocycles. The second-order valence-electron chi connectivity index (χ2n) is 7.80. The fourth-order valence-corrected chi connectivity index (χ4v) is 3.56. The summed E-state index contributed by atoms with van der Waals surface area (Å²) < 4.78 is 1.26. The van der Waals surface area contributed by atoms with Gasteiger partial charge in [0.25, 0.3) is 11.5 Å². The molecule has 7 heteroatoms. The summed E-state index contributed by atoms with van der Waals surface area (Å²) in [7, 11) is 1.69. The van der Waals surface area contributed by atoms with Crippen molar-refractivity contribution < 1.29 is 9.59 Å². The highest BCUT2D eigenvalue weighted by atomic mass is 16.2. The zero-order chi connectivity index (χ0) is 23.2. The normalized spacial score (nSPS) is 10.7. The summed E-state index contributed by atoms with van der Waals surface area (Å²) >= 11 is 0. The van der Waals surface area contributed by atoms with E-state index in [0.29, 0.717) is 13.1 Å². The molecule has 2 amide bonds. The Hall–Kier alpha value is -4.26. The van der Waals surface area contributed by atoms with Crippen LogP contribution in [0.2, 0.25) is 0 Å². The quantitative estimate of drug-likeness (QED) is 0.479. The molecule has 7 nitrogen and oxygen atoms in total. The molecule has 1 N–H and O–H groups in total. The lowest BCUT2D eigenvalue weighted by Crippen LogP contribution is -2.37. The van der Waals surface area contributed by atoms with Crippen molar-refractivity contribution in [3.63, 3.8) is 0 Å². The van der Waals surface area contributed by atoms with Gasteiger partial charge in [-0.25, -0.2) is 0 Å². The number of carbonyl (C=O) groups excluding carboxylic acids is 2. The molecule has 2 aromatic carbocycles. The number of hydrogen-bond acceptors (Lipinski definition) is 4. The number of pyridine rings is 2. The zero-order valence-electron chi connectivity index (χ0n) is 18.3. The third-order valence-corrected chi connectivity index (χ3v) is 5.38. The Labute approximate surface area is 191 Å². The maximum atomic E-state index is 12.8. The molecule has 2 aromatic heterocycles. The Bertz CT molecular complexity index is 1350. The van der Waals surface area contributed by atoms with E-state index in [-0.39, 0.29) is 18.0 Å². The number of benzene rings is 2. The highest BCUT2D eigenvalue weighted by Crippen LogP contribution is 2.14. The monoisotopic (exact) mass is 440 g/mol. The smallest absolute Gasteiger partial charge is 0.263 e. The number of amides is 2. The molecule has 4 rings (SSSR count). The molecule has 0 aliphatic carbocycles. The van der Waals surface area contributed by atoms with Crippen LogP contribution in [0.1, 0.15) is 21.5 Å². The molecule has 166 valence electrons. The summed E-state index contributed by atoms with van der Waals surface area (Å²) in [6.45, 7) is 0.566. The van der Waals surface area contributed by atoms with Crippen LogP contribution in [-0.4, -0.2) is 33.3 Å². The molecule has 0 spiro atoms. The average molecular weight is 441 g/mol. The summed E-state index contributed by atoms with van der Waals surface area (Å²) in [6, 6.07) is 22.2. The van der Waals surface area contributed by atoms with Crippen LogP contribution in [0.3, 0.4) is 0 Å². The van der Waals surface area contributed by atoms with E-state index in [2.05, 4.69) is 10.3 Å². The van der Waals surface area contributed by atoms with Crippen LogP contribution < -0.4 is 10.9 Å². The van der Waals surface area contributed by atoms with Crippen LogP contribution in [-0.2, 0) is 24.4 Å². The molecule has 0 bridgehead atoms. The fraction of sp³-hybridized carbons (Fsp3) is 0.154. The van der Waals surface area contributed by atoms with E-state index < -0.39 is 11.5 Å². The number of hydrogen-bond donors (Lipinski definition) is 1. The van der Waals surface area contributed by atoms with Gasteiger partial charge in [-0.1, -0.05) is 42.5 Å². The van der Waals surface area contributed by atoms with Gasteiger partial charge in [0, 0.05) is 37.9 Å². The van der Waals surface area contributed by atoms with Gasteiger partial charge in [-0.3, -0.25) is 19.4 Å². The van der Waals surface area contributed by atoms with Crippen molar-refractivity contribution in [1.82, 2.24) is 19.8 Å². The molecule has 0 fully saturated rings. The number of fused-ring (bicyclic) bond motifs is 1. The minimum Gasteiger partial charge on any atom is -0.348 e. The highest BCUT2D eigenvalue weighted by molar-refractivity contribution is 5.93. The van der Waals surface area contributed by atoms with Gasteiger partial charge in [-0.2, -0.15) is 0 Å². The van der Waals surface area contributed by atoms with Crippen LogP contribution in [0.5, 0.6) is 0 Å². The van der Waals surface area contributed by atoms with E-state index in [1.807, 2.05) is 60.7 Å². The van der Waals surface area contributed by atoms with Crippen molar-refractivity contribution in [2.45, 2.75) is 19.6 Å². The molecular formula is C26H24N4O3. The number of carbonyl (C=O) groups is 2. The minimum atomic E-state index is -0.499. The van der Waals surface area contributed by atoms with Crippen molar-refractivity contribution in [2.24, 2.45) is 0 Å². The second kappa shape index (κ2) is 9.91. The minimum absolute atomic E-state index is 0.00548. The fourth-order valence-electron chi connectivity index (χ4n) is 3.56. The standard InChI is InChI=1S/C26H24N4O3/c1-29(17-20-11-12-23-21(15-20)9-5-13-27-23)24(31)18-30-14-6-10-22(26(30)33)25(32)28-16-19-7-3-2-4-8-19/h2-15H,16-18H2,1H3,(H,28,32).